The molecule has 2 aromatic rings. The minimum Gasteiger partial charge on any atom is -0.478 e. The molecule has 0 aromatic carbocycles. The molecule has 2 aromatic heterocycles. The van der Waals surface area contributed by atoms with Gasteiger partial charge in [0, 0.05) is 56.8 Å². The van der Waals surface area contributed by atoms with E-state index in [4.69, 9.17) is 10.2 Å². The highest BCUT2D eigenvalue weighted by Crippen LogP contribution is 2.27. The average molecular weight is 502 g/mol. The minimum atomic E-state index is -1.26. The molecular weight excluding hydrogens is 466 g/mol. The van der Waals surface area contributed by atoms with E-state index in [1.165, 1.54) is 6.33 Å². The topological polar surface area (TPSA) is 154 Å². The molecule has 196 valence electrons. The summed E-state index contributed by atoms with van der Waals surface area (Å²) in [5.41, 5.74) is 0.789. The second-order valence-electron chi connectivity index (χ2n) is 9.28. The standard InChI is InChI=1S/C20H31N7O.C4H4O4/c1-15(2)26-10-7-25(8-11-26)9-12-27-19-17(13-23-27)18(21-14-22-19)24-20(28)16-5-3-4-6-16;5-3(6)1-2-4(7)8/h13-16H,3-12H2,1-2H3,(H,21,22,24,28);1-2H,(H,5,6)(H,7,8)/b;2-1-. The van der Waals surface area contributed by atoms with E-state index in [0.717, 1.165) is 76.0 Å². The van der Waals surface area contributed by atoms with Crippen LogP contribution in [0.5, 0.6) is 0 Å². The third kappa shape index (κ3) is 7.82. The van der Waals surface area contributed by atoms with E-state index in [0.29, 0.717) is 24.0 Å². The summed E-state index contributed by atoms with van der Waals surface area (Å²) in [6.07, 6.45) is 8.64. The van der Waals surface area contributed by atoms with Crippen molar-refractivity contribution in [1.29, 1.82) is 0 Å². The Bertz CT molecular complexity index is 1050. The van der Waals surface area contributed by atoms with Crippen LogP contribution in [-0.2, 0) is 20.9 Å². The lowest BCUT2D eigenvalue weighted by molar-refractivity contribution is -0.134. The molecule has 0 bridgehead atoms. The molecule has 12 heteroatoms. The molecule has 3 heterocycles. The van der Waals surface area contributed by atoms with Crippen molar-refractivity contribution >= 4 is 34.7 Å². The molecule has 0 unspecified atom stereocenters. The van der Waals surface area contributed by atoms with Gasteiger partial charge < -0.3 is 15.5 Å². The molecule has 12 nitrogen and oxygen atoms in total. The smallest absolute Gasteiger partial charge is 0.328 e. The number of carboxylic acid groups (broad SMARTS) is 2. The molecule has 2 fully saturated rings. The predicted octanol–water partition coefficient (Wildman–Crippen LogP) is 1.69. The van der Waals surface area contributed by atoms with Crippen molar-refractivity contribution < 1.29 is 24.6 Å². The predicted molar refractivity (Wildman–Crippen MR) is 133 cm³/mol. The Balaban J connectivity index is 0.000000392. The maximum absolute atomic E-state index is 12.5. The summed E-state index contributed by atoms with van der Waals surface area (Å²) < 4.78 is 1.93. The number of rotatable bonds is 8. The summed E-state index contributed by atoms with van der Waals surface area (Å²) in [5, 5.41) is 24.0. The zero-order valence-electron chi connectivity index (χ0n) is 20.8. The lowest BCUT2D eigenvalue weighted by atomic mass is 10.1. The van der Waals surface area contributed by atoms with E-state index in [1.54, 1.807) is 6.20 Å². The van der Waals surface area contributed by atoms with Gasteiger partial charge in [-0.2, -0.15) is 5.10 Å². The highest BCUT2D eigenvalue weighted by Gasteiger charge is 2.24. The fraction of sp³-hybridized carbons (Fsp3) is 0.583. The number of fused-ring (bicyclic) bond motifs is 1. The molecule has 0 atom stereocenters. The van der Waals surface area contributed by atoms with Gasteiger partial charge in [0.25, 0.3) is 0 Å². The van der Waals surface area contributed by atoms with Gasteiger partial charge in [-0.05, 0) is 26.7 Å². The lowest BCUT2D eigenvalue weighted by Gasteiger charge is -2.36. The number of hydrogen-bond donors (Lipinski definition) is 3. The van der Waals surface area contributed by atoms with Crippen LogP contribution in [-0.4, -0.2) is 96.4 Å². The zero-order chi connectivity index (χ0) is 26.1. The quantitative estimate of drug-likeness (QED) is 0.455. The first-order valence-corrected chi connectivity index (χ1v) is 12.3. The maximum atomic E-state index is 12.5. The largest absolute Gasteiger partial charge is 0.478 e. The number of anilines is 1. The van der Waals surface area contributed by atoms with Crippen molar-refractivity contribution in [2.24, 2.45) is 5.92 Å². The maximum Gasteiger partial charge on any atom is 0.328 e. The van der Waals surface area contributed by atoms with E-state index >= 15 is 0 Å². The molecule has 1 amide bonds. The molecule has 1 saturated heterocycles. The van der Waals surface area contributed by atoms with Crippen LogP contribution in [0.1, 0.15) is 39.5 Å². The second kappa shape index (κ2) is 13.1. The number of aromatic nitrogens is 4. The number of carbonyl (C=O) groups is 3. The first-order valence-electron chi connectivity index (χ1n) is 12.3. The number of carboxylic acids is 2. The van der Waals surface area contributed by atoms with E-state index in [9.17, 15) is 14.4 Å². The van der Waals surface area contributed by atoms with Gasteiger partial charge in [-0.3, -0.25) is 14.6 Å². The first kappa shape index (κ1) is 27.2. The fourth-order valence-electron chi connectivity index (χ4n) is 4.45. The summed E-state index contributed by atoms with van der Waals surface area (Å²) in [6, 6.07) is 0.617. The highest BCUT2D eigenvalue weighted by molar-refractivity contribution is 5.99. The minimum absolute atomic E-state index is 0.0771. The number of aliphatic carboxylic acids is 2. The number of nitrogens with one attached hydrogen (secondary N) is 1. The van der Waals surface area contributed by atoms with Crippen molar-refractivity contribution in [3.8, 4) is 0 Å². The third-order valence-corrected chi connectivity index (χ3v) is 6.53. The monoisotopic (exact) mass is 501 g/mol. The Morgan fingerprint density at radius 1 is 1.03 bits per heavy atom. The Morgan fingerprint density at radius 3 is 2.25 bits per heavy atom. The van der Waals surface area contributed by atoms with Gasteiger partial charge in [-0.25, -0.2) is 24.2 Å². The summed E-state index contributed by atoms with van der Waals surface area (Å²) in [6.45, 7) is 10.7. The molecule has 1 aliphatic carbocycles. The van der Waals surface area contributed by atoms with E-state index in [1.807, 2.05) is 4.68 Å². The Morgan fingerprint density at radius 2 is 1.67 bits per heavy atom. The van der Waals surface area contributed by atoms with Crippen molar-refractivity contribution in [3.05, 3.63) is 24.7 Å². The van der Waals surface area contributed by atoms with Gasteiger partial charge in [0.05, 0.1) is 18.1 Å². The molecule has 1 saturated carbocycles. The van der Waals surface area contributed by atoms with Crippen molar-refractivity contribution in [1.82, 2.24) is 29.5 Å². The van der Waals surface area contributed by atoms with Crippen LogP contribution in [0.2, 0.25) is 0 Å². The Labute approximate surface area is 210 Å². The number of carbonyl (C=O) groups excluding carboxylic acids is 1. The highest BCUT2D eigenvalue weighted by atomic mass is 16.4. The van der Waals surface area contributed by atoms with Gasteiger partial charge in [0.2, 0.25) is 5.91 Å². The number of hydrogen-bond acceptors (Lipinski definition) is 8. The van der Waals surface area contributed by atoms with Gasteiger partial charge in [0.15, 0.2) is 5.65 Å². The molecule has 0 radical (unpaired) electrons. The molecule has 4 rings (SSSR count). The number of piperazine rings is 1. The average Bonchev–Trinajstić information content (AvgIpc) is 3.53. The third-order valence-electron chi connectivity index (χ3n) is 6.53. The van der Waals surface area contributed by atoms with Crippen LogP contribution >= 0.6 is 0 Å². The summed E-state index contributed by atoms with van der Waals surface area (Å²) in [7, 11) is 0. The van der Waals surface area contributed by atoms with E-state index in [2.05, 4.69) is 44.0 Å². The molecule has 3 N–H and O–H groups in total. The van der Waals surface area contributed by atoms with Crippen LogP contribution in [0.25, 0.3) is 11.0 Å². The van der Waals surface area contributed by atoms with Crippen LogP contribution in [0.4, 0.5) is 5.82 Å². The van der Waals surface area contributed by atoms with Gasteiger partial charge in [-0.1, -0.05) is 12.8 Å². The zero-order valence-corrected chi connectivity index (χ0v) is 20.8. The normalized spacial score (nSPS) is 17.4. The van der Waals surface area contributed by atoms with E-state index in [-0.39, 0.29) is 11.8 Å². The van der Waals surface area contributed by atoms with Crippen LogP contribution in [0, 0.1) is 5.92 Å². The molecule has 36 heavy (non-hydrogen) atoms. The van der Waals surface area contributed by atoms with Crippen molar-refractivity contribution in [2.75, 3.05) is 38.0 Å². The second-order valence-corrected chi connectivity index (χ2v) is 9.28. The number of amides is 1. The summed E-state index contributed by atoms with van der Waals surface area (Å²) in [5.74, 6) is -1.74. The van der Waals surface area contributed by atoms with Crippen LogP contribution in [0.15, 0.2) is 24.7 Å². The summed E-state index contributed by atoms with van der Waals surface area (Å²) in [4.78, 5) is 45.3. The first-order chi connectivity index (χ1) is 17.2. The van der Waals surface area contributed by atoms with Gasteiger partial charge >= 0.3 is 11.9 Å². The van der Waals surface area contributed by atoms with E-state index < -0.39 is 11.9 Å². The lowest BCUT2D eigenvalue weighted by Crippen LogP contribution is -2.49. The van der Waals surface area contributed by atoms with Gasteiger partial charge in [0.1, 0.15) is 12.1 Å². The van der Waals surface area contributed by atoms with Gasteiger partial charge in [-0.15, -0.1) is 0 Å². The van der Waals surface area contributed by atoms with Crippen LogP contribution < -0.4 is 5.32 Å². The Kier molecular flexibility index (Phi) is 9.88. The molecule has 2 aliphatic rings. The fourth-order valence-corrected chi connectivity index (χ4v) is 4.45. The number of nitrogens with zero attached hydrogens (tertiary/aromatic N) is 6. The molecule has 0 spiro atoms. The Hall–Kier alpha value is -3.38. The molecule has 1 aliphatic heterocycles. The molecular formula is C24H35N7O5. The SMILES string of the molecule is CC(C)N1CCN(CCn2ncc3c(NC(=O)C4CCCC4)ncnc32)CC1.O=C(O)/C=C\C(=O)O. The van der Waals surface area contributed by atoms with Crippen molar-refractivity contribution in [2.45, 2.75) is 52.1 Å². The van der Waals surface area contributed by atoms with Crippen LogP contribution in [0.3, 0.4) is 0 Å². The van der Waals surface area contributed by atoms with Crippen molar-refractivity contribution in [3.63, 3.8) is 0 Å². The summed E-state index contributed by atoms with van der Waals surface area (Å²) >= 11 is 0.